The Hall–Kier alpha value is -0.680. The summed E-state index contributed by atoms with van der Waals surface area (Å²) in [4.78, 5) is 2.67. The molecule has 0 bridgehead atoms. The molecule has 32 heavy (non-hydrogen) atoms. The van der Waals surface area contributed by atoms with Gasteiger partial charge in [0.25, 0.3) is 0 Å². The summed E-state index contributed by atoms with van der Waals surface area (Å²) in [6.07, 6.45) is 16.3. The molecule has 1 aliphatic heterocycles. The fourth-order valence-electron chi connectivity index (χ4n) is 7.89. The minimum atomic E-state index is -0.377. The number of aliphatic hydroxyl groups excluding tert-OH is 2. The number of fused-ring (bicyclic) bond motifs is 1. The topological polar surface area (TPSA) is 52.9 Å². The second kappa shape index (κ2) is 9.17. The van der Waals surface area contributed by atoms with Crippen LogP contribution in [-0.2, 0) is 4.74 Å². The smallest absolute Gasteiger partial charge is 0.0811 e. The van der Waals surface area contributed by atoms with Crippen molar-refractivity contribution in [3.05, 3.63) is 23.3 Å². The van der Waals surface area contributed by atoms with Crippen LogP contribution in [0.3, 0.4) is 0 Å². The molecule has 1 heterocycles. The normalized spacial score (nSPS) is 41.6. The average Bonchev–Trinajstić information content (AvgIpc) is 3.38. The van der Waals surface area contributed by atoms with E-state index < -0.39 is 0 Å². The fourth-order valence-corrected chi connectivity index (χ4v) is 7.89. The maximum absolute atomic E-state index is 10.0. The molecule has 1 spiro atoms. The van der Waals surface area contributed by atoms with Gasteiger partial charge in [0, 0.05) is 13.1 Å². The first kappa shape index (κ1) is 23.1. The molecular weight excluding hydrogens is 398 g/mol. The van der Waals surface area contributed by atoms with Gasteiger partial charge in [0.15, 0.2) is 0 Å². The Morgan fingerprint density at radius 2 is 1.91 bits per heavy atom. The molecule has 6 atom stereocenters. The minimum Gasteiger partial charge on any atom is -0.393 e. The lowest BCUT2D eigenvalue weighted by Crippen LogP contribution is -2.45. The number of allylic oxidation sites excluding steroid dienone is 3. The third kappa shape index (κ3) is 4.76. The summed E-state index contributed by atoms with van der Waals surface area (Å²) in [6, 6.07) is 0. The lowest BCUT2D eigenvalue weighted by molar-refractivity contribution is -0.0483. The van der Waals surface area contributed by atoms with Gasteiger partial charge in [-0.3, -0.25) is 4.90 Å². The Morgan fingerprint density at radius 1 is 1.12 bits per heavy atom. The van der Waals surface area contributed by atoms with Crippen LogP contribution in [0.15, 0.2) is 23.3 Å². The predicted octanol–water partition coefficient (Wildman–Crippen LogP) is 4.85. The van der Waals surface area contributed by atoms with Gasteiger partial charge >= 0.3 is 0 Å². The second-order valence-electron chi connectivity index (χ2n) is 12.2. The molecule has 5 rings (SSSR count). The van der Waals surface area contributed by atoms with Crippen LogP contribution in [0.1, 0.15) is 84.5 Å². The Labute approximate surface area is 195 Å². The first-order valence-electron chi connectivity index (χ1n) is 13.5. The summed E-state index contributed by atoms with van der Waals surface area (Å²) < 4.78 is 6.01. The number of aliphatic hydroxyl groups is 2. The molecule has 4 saturated carbocycles. The van der Waals surface area contributed by atoms with Crippen LogP contribution in [0, 0.1) is 23.2 Å². The zero-order valence-electron chi connectivity index (χ0n) is 20.4. The van der Waals surface area contributed by atoms with E-state index in [1.165, 1.54) is 63.5 Å². The van der Waals surface area contributed by atoms with E-state index in [1.54, 1.807) is 5.57 Å². The van der Waals surface area contributed by atoms with Gasteiger partial charge in [-0.2, -0.15) is 0 Å². The Bertz CT molecular complexity index is 729. The molecule has 5 aliphatic rings. The van der Waals surface area contributed by atoms with Gasteiger partial charge < -0.3 is 14.9 Å². The fraction of sp³-hybridized carbons (Fsp3) is 0.857. The van der Waals surface area contributed by atoms with Crippen molar-refractivity contribution in [2.24, 2.45) is 23.2 Å². The molecule has 180 valence electrons. The number of nitrogens with zero attached hydrogens (tertiary/aromatic N) is 1. The minimum absolute atomic E-state index is 0.244. The molecule has 0 radical (unpaired) electrons. The Morgan fingerprint density at radius 3 is 2.66 bits per heavy atom. The van der Waals surface area contributed by atoms with E-state index in [4.69, 9.17) is 4.74 Å². The highest BCUT2D eigenvalue weighted by molar-refractivity contribution is 5.26. The van der Waals surface area contributed by atoms with Crippen molar-refractivity contribution in [3.63, 3.8) is 0 Å². The third-order valence-electron chi connectivity index (χ3n) is 9.83. The zero-order chi connectivity index (χ0) is 22.3. The van der Waals surface area contributed by atoms with Crippen molar-refractivity contribution in [1.82, 2.24) is 4.90 Å². The zero-order valence-corrected chi connectivity index (χ0v) is 20.4. The molecule has 2 N–H and O–H groups in total. The molecule has 4 nitrogen and oxygen atoms in total. The maximum atomic E-state index is 10.0. The first-order valence-corrected chi connectivity index (χ1v) is 13.5. The number of ether oxygens (including phenoxy) is 1. The summed E-state index contributed by atoms with van der Waals surface area (Å²) in [6.45, 7) is 9.56. The summed E-state index contributed by atoms with van der Waals surface area (Å²) in [5, 5.41) is 20.0. The lowest BCUT2D eigenvalue weighted by Gasteiger charge is -2.45. The third-order valence-corrected chi connectivity index (χ3v) is 9.83. The predicted molar refractivity (Wildman–Crippen MR) is 128 cm³/mol. The Balaban J connectivity index is 1.21. The SMILES string of the molecule is CC(CCN1CCOC2(CC2)C1)[C@H]1CC[C@H]2C(=CC=C3C[C@@H](O)C[C@H](O)C3)CCC[C@]12C. The van der Waals surface area contributed by atoms with Gasteiger partial charge in [0.05, 0.1) is 24.4 Å². The molecule has 4 heteroatoms. The molecule has 5 fully saturated rings. The van der Waals surface area contributed by atoms with Crippen LogP contribution in [-0.4, -0.2) is 59.2 Å². The van der Waals surface area contributed by atoms with E-state index in [2.05, 4.69) is 30.9 Å². The summed E-state index contributed by atoms with van der Waals surface area (Å²) in [5.41, 5.74) is 3.54. The van der Waals surface area contributed by atoms with Crippen molar-refractivity contribution in [2.45, 2.75) is 102 Å². The van der Waals surface area contributed by atoms with Crippen molar-refractivity contribution < 1.29 is 14.9 Å². The standard InChI is InChI=1S/C28H45NO3/c1-20(9-13-29-14-15-32-28(19-29)11-12-28)25-7-8-26-22(4-3-10-27(25,26)2)6-5-21-16-23(30)18-24(31)17-21/h5-6,20,23-26,30-31H,3-4,7-19H2,1-2H3/t20?,23-,24-,25-,26+,27-/m1/s1. The molecule has 4 aliphatic carbocycles. The van der Waals surface area contributed by atoms with Crippen LogP contribution in [0.2, 0.25) is 0 Å². The number of hydrogen-bond acceptors (Lipinski definition) is 4. The first-order chi connectivity index (χ1) is 15.4. The summed E-state index contributed by atoms with van der Waals surface area (Å²) >= 11 is 0. The van der Waals surface area contributed by atoms with Gasteiger partial charge in [-0.25, -0.2) is 0 Å². The highest BCUT2D eigenvalue weighted by Gasteiger charge is 2.51. The van der Waals surface area contributed by atoms with Gasteiger partial charge in [-0.15, -0.1) is 0 Å². The number of hydrogen-bond donors (Lipinski definition) is 2. The molecule has 0 aromatic heterocycles. The number of morpholine rings is 1. The lowest BCUT2D eigenvalue weighted by atomic mass is 9.61. The van der Waals surface area contributed by atoms with E-state index in [-0.39, 0.29) is 17.8 Å². The van der Waals surface area contributed by atoms with Gasteiger partial charge in [-0.1, -0.05) is 37.1 Å². The van der Waals surface area contributed by atoms with Crippen LogP contribution in [0.25, 0.3) is 0 Å². The Kier molecular flexibility index (Phi) is 6.61. The van der Waals surface area contributed by atoms with Crippen LogP contribution < -0.4 is 0 Å². The molecule has 0 aromatic rings. The van der Waals surface area contributed by atoms with Crippen molar-refractivity contribution >= 4 is 0 Å². The highest BCUT2D eigenvalue weighted by Crippen LogP contribution is 2.59. The van der Waals surface area contributed by atoms with Crippen molar-refractivity contribution in [1.29, 1.82) is 0 Å². The average molecular weight is 444 g/mol. The molecule has 0 aromatic carbocycles. The van der Waals surface area contributed by atoms with Crippen molar-refractivity contribution in [2.75, 3.05) is 26.2 Å². The van der Waals surface area contributed by atoms with E-state index in [0.717, 1.165) is 50.3 Å². The van der Waals surface area contributed by atoms with Crippen LogP contribution >= 0.6 is 0 Å². The van der Waals surface area contributed by atoms with E-state index >= 15 is 0 Å². The van der Waals surface area contributed by atoms with E-state index in [1.807, 2.05) is 0 Å². The van der Waals surface area contributed by atoms with Gasteiger partial charge in [0.2, 0.25) is 0 Å². The maximum Gasteiger partial charge on any atom is 0.0811 e. The van der Waals surface area contributed by atoms with Crippen molar-refractivity contribution in [3.8, 4) is 0 Å². The van der Waals surface area contributed by atoms with Crippen LogP contribution in [0.4, 0.5) is 0 Å². The quantitative estimate of drug-likeness (QED) is 0.638. The van der Waals surface area contributed by atoms with Crippen LogP contribution in [0.5, 0.6) is 0 Å². The van der Waals surface area contributed by atoms with E-state index in [9.17, 15) is 10.2 Å². The second-order valence-corrected chi connectivity index (χ2v) is 12.2. The summed E-state index contributed by atoms with van der Waals surface area (Å²) in [7, 11) is 0. The largest absolute Gasteiger partial charge is 0.393 e. The van der Waals surface area contributed by atoms with E-state index in [0.29, 0.717) is 11.8 Å². The molecule has 0 amide bonds. The molecular formula is C28H45NO3. The molecule has 1 saturated heterocycles. The van der Waals surface area contributed by atoms with Gasteiger partial charge in [0.1, 0.15) is 0 Å². The summed E-state index contributed by atoms with van der Waals surface area (Å²) in [5.74, 6) is 2.33. The van der Waals surface area contributed by atoms with Gasteiger partial charge in [-0.05, 0) is 100 Å². The number of rotatable bonds is 5. The molecule has 1 unspecified atom stereocenters. The monoisotopic (exact) mass is 443 g/mol. The highest BCUT2D eigenvalue weighted by atomic mass is 16.5.